The van der Waals surface area contributed by atoms with E-state index in [4.69, 9.17) is 9.47 Å². The van der Waals surface area contributed by atoms with Gasteiger partial charge in [0, 0.05) is 24.1 Å². The normalized spacial score (nSPS) is 10.0. The Morgan fingerprint density at radius 2 is 2.27 bits per heavy atom. The summed E-state index contributed by atoms with van der Waals surface area (Å²) >= 11 is 3.19. The number of halogens is 1. The van der Waals surface area contributed by atoms with E-state index >= 15 is 0 Å². The Morgan fingerprint density at radius 1 is 1.53 bits per heavy atom. The second-order valence-electron chi connectivity index (χ2n) is 2.73. The van der Waals surface area contributed by atoms with Gasteiger partial charge in [0.05, 0.1) is 4.92 Å². The summed E-state index contributed by atoms with van der Waals surface area (Å²) in [6.45, 7) is 0.125. The molecular formula is C9H10BrNO4. The van der Waals surface area contributed by atoms with Crippen LogP contribution < -0.4 is 4.74 Å². The number of methoxy groups -OCH3 is 1. The molecule has 6 heteroatoms. The van der Waals surface area contributed by atoms with Gasteiger partial charge in [-0.2, -0.15) is 0 Å². The predicted octanol–water partition coefficient (Wildman–Crippen LogP) is 2.47. The highest BCUT2D eigenvalue weighted by Crippen LogP contribution is 2.25. The van der Waals surface area contributed by atoms with E-state index in [1.807, 2.05) is 0 Å². The van der Waals surface area contributed by atoms with Crippen LogP contribution in [0, 0.1) is 10.1 Å². The molecule has 0 bridgehead atoms. The van der Waals surface area contributed by atoms with Crippen molar-refractivity contribution in [2.24, 2.45) is 0 Å². The van der Waals surface area contributed by atoms with Crippen LogP contribution in [0.25, 0.3) is 0 Å². The molecule has 0 aromatic heterocycles. The highest BCUT2D eigenvalue weighted by molar-refractivity contribution is 9.08. The van der Waals surface area contributed by atoms with E-state index in [2.05, 4.69) is 15.9 Å². The SMILES string of the molecule is COCOc1ccc([N+](=O)[O-])c(CBr)c1. The minimum absolute atomic E-state index is 0.0802. The number of nitro groups is 1. The molecule has 0 unspecified atom stereocenters. The van der Waals surface area contributed by atoms with E-state index in [1.54, 1.807) is 12.1 Å². The quantitative estimate of drug-likeness (QED) is 0.359. The molecule has 0 atom stereocenters. The molecule has 0 aliphatic rings. The first-order valence-electron chi connectivity index (χ1n) is 4.14. The molecule has 1 rings (SSSR count). The summed E-state index contributed by atoms with van der Waals surface area (Å²) in [5, 5.41) is 11.0. The van der Waals surface area contributed by atoms with Gasteiger partial charge in [-0.3, -0.25) is 10.1 Å². The van der Waals surface area contributed by atoms with Crippen LogP contribution in [0.5, 0.6) is 5.75 Å². The average molecular weight is 276 g/mol. The third-order valence-electron chi connectivity index (χ3n) is 1.74. The fourth-order valence-electron chi connectivity index (χ4n) is 1.06. The molecule has 0 fully saturated rings. The fourth-order valence-corrected chi connectivity index (χ4v) is 1.51. The monoisotopic (exact) mass is 275 g/mol. The van der Waals surface area contributed by atoms with Gasteiger partial charge in [0.2, 0.25) is 0 Å². The molecule has 0 aliphatic carbocycles. The van der Waals surface area contributed by atoms with Crippen molar-refractivity contribution in [3.63, 3.8) is 0 Å². The van der Waals surface area contributed by atoms with E-state index in [0.717, 1.165) is 0 Å². The van der Waals surface area contributed by atoms with Crippen LogP contribution in [0.4, 0.5) is 5.69 Å². The Bertz CT molecular complexity index is 356. The summed E-state index contributed by atoms with van der Waals surface area (Å²) in [5.74, 6) is 0.553. The molecule has 15 heavy (non-hydrogen) atoms. The zero-order chi connectivity index (χ0) is 11.3. The topological polar surface area (TPSA) is 61.6 Å². The van der Waals surface area contributed by atoms with Crippen molar-refractivity contribution in [3.05, 3.63) is 33.9 Å². The molecule has 0 amide bonds. The van der Waals surface area contributed by atoms with Gasteiger partial charge in [-0.1, -0.05) is 15.9 Å². The molecule has 0 spiro atoms. The van der Waals surface area contributed by atoms with Crippen molar-refractivity contribution in [3.8, 4) is 5.75 Å². The first-order valence-corrected chi connectivity index (χ1v) is 5.26. The molecule has 0 heterocycles. The lowest BCUT2D eigenvalue weighted by atomic mass is 10.2. The summed E-state index contributed by atoms with van der Waals surface area (Å²) in [7, 11) is 1.51. The predicted molar refractivity (Wildman–Crippen MR) is 58.2 cm³/mol. The fraction of sp³-hybridized carbons (Fsp3) is 0.333. The molecule has 0 N–H and O–H groups in total. The number of nitro benzene ring substituents is 1. The number of ether oxygens (including phenoxy) is 2. The van der Waals surface area contributed by atoms with Crippen molar-refractivity contribution >= 4 is 21.6 Å². The van der Waals surface area contributed by atoms with Gasteiger partial charge < -0.3 is 9.47 Å². The first kappa shape index (κ1) is 11.9. The maximum Gasteiger partial charge on any atom is 0.273 e. The highest BCUT2D eigenvalue weighted by atomic mass is 79.9. The molecule has 0 radical (unpaired) electrons. The van der Waals surface area contributed by atoms with Gasteiger partial charge in [0.15, 0.2) is 6.79 Å². The third-order valence-corrected chi connectivity index (χ3v) is 2.34. The van der Waals surface area contributed by atoms with Crippen LogP contribution in [0.1, 0.15) is 5.56 Å². The molecule has 82 valence electrons. The highest BCUT2D eigenvalue weighted by Gasteiger charge is 2.13. The number of hydrogen-bond acceptors (Lipinski definition) is 4. The molecule has 1 aromatic carbocycles. The van der Waals surface area contributed by atoms with Crippen LogP contribution >= 0.6 is 15.9 Å². The maximum absolute atomic E-state index is 10.6. The number of nitrogens with zero attached hydrogens (tertiary/aromatic N) is 1. The first-order chi connectivity index (χ1) is 7.19. The van der Waals surface area contributed by atoms with E-state index < -0.39 is 4.92 Å². The molecule has 0 saturated carbocycles. The maximum atomic E-state index is 10.6. The summed E-state index contributed by atoms with van der Waals surface area (Å²) < 4.78 is 9.90. The Balaban J connectivity index is 2.92. The van der Waals surface area contributed by atoms with Gasteiger partial charge in [0.25, 0.3) is 5.69 Å². The average Bonchev–Trinajstić information content (AvgIpc) is 2.25. The van der Waals surface area contributed by atoms with E-state index in [-0.39, 0.29) is 12.5 Å². The standard InChI is InChI=1S/C9H10BrNO4/c1-14-6-15-8-2-3-9(11(12)13)7(4-8)5-10/h2-4H,5-6H2,1H3. The van der Waals surface area contributed by atoms with Gasteiger partial charge in [-0.15, -0.1) is 0 Å². The lowest BCUT2D eigenvalue weighted by Crippen LogP contribution is -2.00. The zero-order valence-electron chi connectivity index (χ0n) is 8.10. The van der Waals surface area contributed by atoms with Gasteiger partial charge in [-0.25, -0.2) is 0 Å². The zero-order valence-corrected chi connectivity index (χ0v) is 9.69. The Morgan fingerprint density at radius 3 is 2.80 bits per heavy atom. The Kier molecular flexibility index (Phi) is 4.51. The lowest BCUT2D eigenvalue weighted by molar-refractivity contribution is -0.385. The Labute approximate surface area is 95.3 Å². The minimum atomic E-state index is -0.420. The van der Waals surface area contributed by atoms with Gasteiger partial charge >= 0.3 is 0 Å². The second kappa shape index (κ2) is 5.67. The number of alkyl halides is 1. The van der Waals surface area contributed by atoms with Crippen LogP contribution in [0.2, 0.25) is 0 Å². The van der Waals surface area contributed by atoms with E-state index in [9.17, 15) is 10.1 Å². The van der Waals surface area contributed by atoms with Crippen LogP contribution in [-0.2, 0) is 10.1 Å². The van der Waals surface area contributed by atoms with Gasteiger partial charge in [0.1, 0.15) is 5.75 Å². The van der Waals surface area contributed by atoms with Crippen molar-refractivity contribution in [1.82, 2.24) is 0 Å². The summed E-state index contributed by atoms with van der Waals surface area (Å²) in [5.41, 5.74) is 0.658. The van der Waals surface area contributed by atoms with Crippen molar-refractivity contribution in [2.75, 3.05) is 13.9 Å². The summed E-state index contributed by atoms with van der Waals surface area (Å²) in [6.07, 6.45) is 0. The van der Waals surface area contributed by atoms with Crippen molar-refractivity contribution < 1.29 is 14.4 Å². The number of hydrogen-bond donors (Lipinski definition) is 0. The molecule has 1 aromatic rings. The summed E-state index contributed by atoms with van der Waals surface area (Å²) in [6, 6.07) is 4.58. The molecular weight excluding hydrogens is 266 g/mol. The van der Waals surface area contributed by atoms with Crippen LogP contribution in [0.15, 0.2) is 18.2 Å². The lowest BCUT2D eigenvalue weighted by Gasteiger charge is -2.06. The minimum Gasteiger partial charge on any atom is -0.468 e. The summed E-state index contributed by atoms with van der Waals surface area (Å²) in [4.78, 5) is 10.2. The molecule has 0 saturated heterocycles. The van der Waals surface area contributed by atoms with Crippen LogP contribution in [-0.4, -0.2) is 18.8 Å². The smallest absolute Gasteiger partial charge is 0.273 e. The largest absolute Gasteiger partial charge is 0.468 e. The Hall–Kier alpha value is -1.14. The van der Waals surface area contributed by atoms with E-state index in [0.29, 0.717) is 16.6 Å². The van der Waals surface area contributed by atoms with Crippen molar-refractivity contribution in [2.45, 2.75) is 5.33 Å². The molecule has 5 nitrogen and oxygen atoms in total. The molecule has 0 aliphatic heterocycles. The second-order valence-corrected chi connectivity index (χ2v) is 3.29. The van der Waals surface area contributed by atoms with E-state index in [1.165, 1.54) is 13.2 Å². The number of benzene rings is 1. The van der Waals surface area contributed by atoms with Crippen molar-refractivity contribution in [1.29, 1.82) is 0 Å². The third kappa shape index (κ3) is 3.17. The number of rotatable bonds is 5. The van der Waals surface area contributed by atoms with Gasteiger partial charge in [-0.05, 0) is 12.1 Å². The van der Waals surface area contributed by atoms with Crippen LogP contribution in [0.3, 0.4) is 0 Å².